The zero-order valence-electron chi connectivity index (χ0n) is 10.5. The summed E-state index contributed by atoms with van der Waals surface area (Å²) in [5.74, 6) is -0.355. The Morgan fingerprint density at radius 1 is 1.25 bits per heavy atom. The maximum atomic E-state index is 12.0. The summed E-state index contributed by atoms with van der Waals surface area (Å²) in [5, 5.41) is 0. The smallest absolute Gasteiger partial charge is 0.341 e. The maximum Gasteiger partial charge on any atom is 0.341 e. The highest BCUT2D eigenvalue weighted by molar-refractivity contribution is 5.97. The van der Waals surface area contributed by atoms with E-state index >= 15 is 0 Å². The first-order valence-corrected chi connectivity index (χ1v) is 5.31. The number of nitrogens with two attached hydrogens (primary N) is 1. The quantitative estimate of drug-likeness (QED) is 0.586. The Kier molecular flexibility index (Phi) is 3.27. The van der Waals surface area contributed by atoms with Crippen LogP contribution < -0.4 is 5.73 Å². The fourth-order valence-corrected chi connectivity index (χ4v) is 1.44. The molecule has 0 saturated heterocycles. The van der Waals surface area contributed by atoms with E-state index in [1.54, 1.807) is 6.07 Å². The second-order valence-corrected chi connectivity index (χ2v) is 4.97. The average Bonchev–Trinajstić information content (AvgIpc) is 2.09. The van der Waals surface area contributed by atoms with E-state index in [1.807, 2.05) is 40.7 Å². The van der Waals surface area contributed by atoms with Crippen LogP contribution in [0.15, 0.2) is 12.1 Å². The van der Waals surface area contributed by atoms with Crippen molar-refractivity contribution in [3.05, 3.63) is 28.8 Å². The van der Waals surface area contributed by atoms with Gasteiger partial charge in [-0.15, -0.1) is 0 Å². The van der Waals surface area contributed by atoms with E-state index in [9.17, 15) is 4.79 Å². The zero-order chi connectivity index (χ0) is 12.5. The van der Waals surface area contributed by atoms with Gasteiger partial charge in [-0.2, -0.15) is 0 Å². The molecule has 88 valence electrons. The van der Waals surface area contributed by atoms with Gasteiger partial charge in [0, 0.05) is 5.69 Å². The molecule has 0 aliphatic rings. The number of hydrogen-bond acceptors (Lipinski definition) is 3. The lowest BCUT2D eigenvalue weighted by molar-refractivity contribution is 0.00699. The molecule has 2 N–H and O–H groups in total. The topological polar surface area (TPSA) is 52.3 Å². The minimum atomic E-state index is -0.500. The Morgan fingerprint density at radius 3 is 2.31 bits per heavy atom. The molecule has 1 rings (SSSR count). The molecule has 0 radical (unpaired) electrons. The predicted molar refractivity (Wildman–Crippen MR) is 65.5 cm³/mol. The summed E-state index contributed by atoms with van der Waals surface area (Å²) < 4.78 is 5.32. The number of aryl methyl sites for hydroxylation is 1. The van der Waals surface area contributed by atoms with Crippen molar-refractivity contribution < 1.29 is 9.53 Å². The fraction of sp³-hybridized carbons (Fsp3) is 0.462. The Balaban J connectivity index is 3.14. The SMILES string of the molecule is Cc1ccc(N)c(C(=O)OC(C)(C)C)c1C. The van der Waals surface area contributed by atoms with Crippen LogP contribution in [0.5, 0.6) is 0 Å². The normalized spacial score (nSPS) is 11.3. The van der Waals surface area contributed by atoms with E-state index in [-0.39, 0.29) is 5.97 Å². The number of carbonyl (C=O) groups is 1. The van der Waals surface area contributed by atoms with Gasteiger partial charge in [0.2, 0.25) is 0 Å². The number of nitrogen functional groups attached to an aromatic ring is 1. The summed E-state index contributed by atoms with van der Waals surface area (Å²) in [7, 11) is 0. The lowest BCUT2D eigenvalue weighted by atomic mass is 10.0. The number of benzene rings is 1. The number of esters is 1. The molecule has 0 heterocycles. The van der Waals surface area contributed by atoms with Crippen LogP contribution in [-0.2, 0) is 4.74 Å². The lowest BCUT2D eigenvalue weighted by Gasteiger charge is -2.21. The molecule has 0 spiro atoms. The molecule has 0 saturated carbocycles. The van der Waals surface area contributed by atoms with Gasteiger partial charge >= 0.3 is 5.97 Å². The third kappa shape index (κ3) is 2.75. The van der Waals surface area contributed by atoms with E-state index in [1.165, 1.54) is 0 Å². The summed E-state index contributed by atoms with van der Waals surface area (Å²) in [6.45, 7) is 9.35. The number of ether oxygens (including phenoxy) is 1. The molecule has 0 aliphatic carbocycles. The fourth-order valence-electron chi connectivity index (χ4n) is 1.44. The van der Waals surface area contributed by atoms with Crippen molar-refractivity contribution in [1.29, 1.82) is 0 Å². The molecule has 0 atom stereocenters. The van der Waals surface area contributed by atoms with Crippen LogP contribution in [0.4, 0.5) is 5.69 Å². The van der Waals surface area contributed by atoms with Crippen LogP contribution in [0.2, 0.25) is 0 Å². The number of carbonyl (C=O) groups excluding carboxylic acids is 1. The molecule has 0 unspecified atom stereocenters. The predicted octanol–water partition coefficient (Wildman–Crippen LogP) is 2.84. The first kappa shape index (κ1) is 12.6. The van der Waals surface area contributed by atoms with E-state index in [0.29, 0.717) is 11.3 Å². The van der Waals surface area contributed by atoms with Gasteiger partial charge in [0.25, 0.3) is 0 Å². The number of anilines is 1. The molecule has 0 amide bonds. The molecule has 0 fully saturated rings. The molecular formula is C13H19NO2. The Bertz CT molecular complexity index is 417. The Labute approximate surface area is 96.6 Å². The second kappa shape index (κ2) is 4.16. The molecular weight excluding hydrogens is 202 g/mol. The highest BCUT2D eigenvalue weighted by atomic mass is 16.6. The molecule has 0 aromatic heterocycles. The molecule has 1 aromatic carbocycles. The van der Waals surface area contributed by atoms with Crippen molar-refractivity contribution in [2.45, 2.75) is 40.2 Å². The van der Waals surface area contributed by atoms with E-state index in [0.717, 1.165) is 11.1 Å². The van der Waals surface area contributed by atoms with Gasteiger partial charge in [-0.3, -0.25) is 0 Å². The van der Waals surface area contributed by atoms with Crippen LogP contribution in [0.25, 0.3) is 0 Å². The highest BCUT2D eigenvalue weighted by Gasteiger charge is 2.21. The summed E-state index contributed by atoms with van der Waals surface area (Å²) in [6.07, 6.45) is 0. The van der Waals surface area contributed by atoms with Gasteiger partial charge in [-0.1, -0.05) is 6.07 Å². The van der Waals surface area contributed by atoms with Crippen molar-refractivity contribution in [2.24, 2.45) is 0 Å². The van der Waals surface area contributed by atoms with Crippen LogP contribution >= 0.6 is 0 Å². The van der Waals surface area contributed by atoms with Crippen LogP contribution in [0, 0.1) is 13.8 Å². The van der Waals surface area contributed by atoms with Gasteiger partial charge in [0.05, 0.1) is 5.56 Å². The molecule has 1 aromatic rings. The molecule has 16 heavy (non-hydrogen) atoms. The van der Waals surface area contributed by atoms with Crippen molar-refractivity contribution in [3.63, 3.8) is 0 Å². The van der Waals surface area contributed by atoms with Gasteiger partial charge in [-0.05, 0) is 51.8 Å². The standard InChI is InChI=1S/C13H19NO2/c1-8-6-7-10(14)11(9(8)2)12(15)16-13(3,4)5/h6-7H,14H2,1-5H3. The van der Waals surface area contributed by atoms with Gasteiger partial charge < -0.3 is 10.5 Å². The summed E-state index contributed by atoms with van der Waals surface area (Å²) in [6, 6.07) is 3.64. The van der Waals surface area contributed by atoms with Crippen molar-refractivity contribution in [3.8, 4) is 0 Å². The van der Waals surface area contributed by atoms with Gasteiger partial charge in [-0.25, -0.2) is 4.79 Å². The van der Waals surface area contributed by atoms with E-state index in [4.69, 9.17) is 10.5 Å². The van der Waals surface area contributed by atoms with Crippen LogP contribution in [0.3, 0.4) is 0 Å². The molecule has 0 aliphatic heterocycles. The first-order valence-electron chi connectivity index (χ1n) is 5.31. The minimum Gasteiger partial charge on any atom is -0.456 e. The van der Waals surface area contributed by atoms with Crippen molar-refractivity contribution >= 4 is 11.7 Å². The zero-order valence-corrected chi connectivity index (χ0v) is 10.5. The van der Waals surface area contributed by atoms with Crippen molar-refractivity contribution in [2.75, 3.05) is 5.73 Å². The second-order valence-electron chi connectivity index (χ2n) is 4.97. The van der Waals surface area contributed by atoms with Crippen LogP contribution in [-0.4, -0.2) is 11.6 Å². The summed E-state index contributed by atoms with van der Waals surface area (Å²) in [4.78, 5) is 12.0. The maximum absolute atomic E-state index is 12.0. The van der Waals surface area contributed by atoms with Gasteiger partial charge in [0.1, 0.15) is 5.60 Å². The van der Waals surface area contributed by atoms with E-state index in [2.05, 4.69) is 0 Å². The average molecular weight is 221 g/mol. The van der Waals surface area contributed by atoms with Gasteiger partial charge in [0.15, 0.2) is 0 Å². The molecule has 0 bridgehead atoms. The number of hydrogen-bond donors (Lipinski definition) is 1. The minimum absolute atomic E-state index is 0.355. The Morgan fingerprint density at radius 2 is 1.81 bits per heavy atom. The largest absolute Gasteiger partial charge is 0.456 e. The first-order chi connectivity index (χ1) is 7.22. The third-order valence-electron chi connectivity index (χ3n) is 2.37. The Hall–Kier alpha value is -1.51. The molecule has 3 nitrogen and oxygen atoms in total. The lowest BCUT2D eigenvalue weighted by Crippen LogP contribution is -2.25. The van der Waals surface area contributed by atoms with Crippen molar-refractivity contribution in [1.82, 2.24) is 0 Å². The summed E-state index contributed by atoms with van der Waals surface area (Å²) in [5.41, 5.74) is 8.18. The monoisotopic (exact) mass is 221 g/mol. The molecule has 3 heteroatoms. The van der Waals surface area contributed by atoms with E-state index < -0.39 is 5.60 Å². The summed E-state index contributed by atoms with van der Waals surface area (Å²) >= 11 is 0. The highest BCUT2D eigenvalue weighted by Crippen LogP contribution is 2.23. The third-order valence-corrected chi connectivity index (χ3v) is 2.37. The van der Waals surface area contributed by atoms with Crippen LogP contribution in [0.1, 0.15) is 42.3 Å². The number of rotatable bonds is 1.